The lowest BCUT2D eigenvalue weighted by Crippen LogP contribution is -2.33. The molecule has 0 bridgehead atoms. The highest BCUT2D eigenvalue weighted by atomic mass is 16.8. The molecule has 2 unspecified atom stereocenters. The van der Waals surface area contributed by atoms with Crippen molar-refractivity contribution in [3.63, 3.8) is 0 Å². The van der Waals surface area contributed by atoms with E-state index >= 15 is 0 Å². The van der Waals surface area contributed by atoms with E-state index in [4.69, 9.17) is 18.9 Å². The zero-order valence-corrected chi connectivity index (χ0v) is 9.80. The predicted octanol–water partition coefficient (Wildman–Crippen LogP) is 0.260. The summed E-state index contributed by atoms with van der Waals surface area (Å²) in [7, 11) is 1.60. The van der Waals surface area contributed by atoms with Gasteiger partial charge in [-0.05, 0) is 20.3 Å². The predicted molar refractivity (Wildman–Crippen MR) is 53.6 cm³/mol. The fourth-order valence-electron chi connectivity index (χ4n) is 2.94. The van der Waals surface area contributed by atoms with Crippen molar-refractivity contribution < 1.29 is 24.1 Å². The first kappa shape index (κ1) is 10.9. The van der Waals surface area contributed by atoms with Crippen molar-refractivity contribution in [3.05, 3.63) is 0 Å². The van der Waals surface area contributed by atoms with E-state index in [9.17, 15) is 5.11 Å². The molecule has 2 aliphatic heterocycles. The van der Waals surface area contributed by atoms with Gasteiger partial charge in [-0.2, -0.15) is 0 Å². The lowest BCUT2D eigenvalue weighted by atomic mass is 10.1. The normalized spacial score (nSPS) is 53.2. The lowest BCUT2D eigenvalue weighted by Gasteiger charge is -2.23. The maximum atomic E-state index is 9.22. The van der Waals surface area contributed by atoms with Gasteiger partial charge in [0, 0.05) is 19.6 Å². The Morgan fingerprint density at radius 1 is 1.31 bits per heavy atom. The molecule has 1 spiro atoms. The number of rotatable bonds is 2. The summed E-state index contributed by atoms with van der Waals surface area (Å²) >= 11 is 0. The Morgan fingerprint density at radius 3 is 2.62 bits per heavy atom. The second-order valence-corrected chi connectivity index (χ2v) is 5.28. The summed E-state index contributed by atoms with van der Waals surface area (Å²) in [4.78, 5) is 0. The van der Waals surface area contributed by atoms with Crippen LogP contribution in [-0.4, -0.2) is 48.7 Å². The van der Waals surface area contributed by atoms with Gasteiger partial charge in [0.05, 0.1) is 0 Å². The topological polar surface area (TPSA) is 57.2 Å². The quantitative estimate of drug-likeness (QED) is 0.737. The van der Waals surface area contributed by atoms with Crippen LogP contribution in [-0.2, 0) is 18.9 Å². The summed E-state index contributed by atoms with van der Waals surface area (Å²) < 4.78 is 22.8. The molecule has 0 radical (unpaired) electrons. The van der Waals surface area contributed by atoms with E-state index in [-0.39, 0.29) is 36.6 Å². The summed E-state index contributed by atoms with van der Waals surface area (Å²) in [6.07, 6.45) is 0.133. The first-order valence-corrected chi connectivity index (χ1v) is 5.69. The molecule has 16 heavy (non-hydrogen) atoms. The van der Waals surface area contributed by atoms with E-state index in [2.05, 4.69) is 0 Å². The Kier molecular flexibility index (Phi) is 2.17. The maximum Gasteiger partial charge on any atom is 0.186 e. The molecule has 3 fully saturated rings. The van der Waals surface area contributed by atoms with Crippen LogP contribution in [0.2, 0.25) is 0 Å². The van der Waals surface area contributed by atoms with Crippen molar-refractivity contribution in [2.45, 2.75) is 50.2 Å². The number of aliphatic hydroxyl groups excluding tert-OH is 1. The number of methoxy groups -OCH3 is 1. The van der Waals surface area contributed by atoms with Crippen LogP contribution in [0.5, 0.6) is 0 Å². The molecule has 92 valence electrons. The largest absolute Gasteiger partial charge is 0.396 e. The fourth-order valence-corrected chi connectivity index (χ4v) is 2.94. The highest BCUT2D eigenvalue weighted by Gasteiger charge is 2.73. The molecular formula is C11H18O5. The van der Waals surface area contributed by atoms with Gasteiger partial charge in [-0.15, -0.1) is 0 Å². The fraction of sp³-hybridized carbons (Fsp3) is 1.00. The van der Waals surface area contributed by atoms with Crippen LogP contribution in [0.3, 0.4) is 0 Å². The minimum absolute atomic E-state index is 0.121. The number of aliphatic hydroxyl groups is 1. The highest BCUT2D eigenvalue weighted by molar-refractivity contribution is 5.18. The van der Waals surface area contributed by atoms with E-state index in [0.717, 1.165) is 6.42 Å². The van der Waals surface area contributed by atoms with Gasteiger partial charge in [-0.25, -0.2) is 0 Å². The summed E-state index contributed by atoms with van der Waals surface area (Å²) in [5, 5.41) is 9.22. The van der Waals surface area contributed by atoms with Crippen LogP contribution in [0.15, 0.2) is 0 Å². The summed E-state index contributed by atoms with van der Waals surface area (Å²) in [5.41, 5.74) is -0.381. The standard InChI is InChI=1S/C11H18O5/c1-10(2)14-7-8(15-10)11(4-6(11)5-12)16-9(7)13-3/h6-9,12H,4-5H2,1-3H3/t6-,7?,8?,9+,11+/m0/s1. The molecule has 0 aromatic carbocycles. The van der Waals surface area contributed by atoms with Gasteiger partial charge in [-0.1, -0.05) is 0 Å². The number of hydrogen-bond donors (Lipinski definition) is 1. The Hall–Kier alpha value is -0.200. The van der Waals surface area contributed by atoms with Crippen LogP contribution in [0.25, 0.3) is 0 Å². The van der Waals surface area contributed by atoms with Crippen molar-refractivity contribution in [1.82, 2.24) is 0 Å². The smallest absolute Gasteiger partial charge is 0.186 e. The number of hydrogen-bond acceptors (Lipinski definition) is 5. The molecule has 2 heterocycles. The Morgan fingerprint density at radius 2 is 2.06 bits per heavy atom. The van der Waals surface area contributed by atoms with E-state index in [0.29, 0.717) is 0 Å². The average Bonchev–Trinajstić information content (AvgIpc) is 2.75. The van der Waals surface area contributed by atoms with E-state index in [1.54, 1.807) is 7.11 Å². The SMILES string of the molecule is CO[C@@H]1O[C@@]2(C[C@H]2CO)C2OC(C)(C)OC21. The molecular weight excluding hydrogens is 212 g/mol. The minimum Gasteiger partial charge on any atom is -0.396 e. The molecule has 3 rings (SSSR count). The summed E-state index contributed by atoms with van der Waals surface area (Å²) in [6, 6.07) is 0. The second kappa shape index (κ2) is 3.17. The summed E-state index contributed by atoms with van der Waals surface area (Å²) in [5.74, 6) is -0.441. The third-order valence-electron chi connectivity index (χ3n) is 3.76. The zero-order valence-electron chi connectivity index (χ0n) is 9.80. The van der Waals surface area contributed by atoms with Crippen LogP contribution in [0.4, 0.5) is 0 Å². The lowest BCUT2D eigenvalue weighted by molar-refractivity contribution is -0.235. The van der Waals surface area contributed by atoms with Crippen molar-refractivity contribution >= 4 is 0 Å². The maximum absolute atomic E-state index is 9.22. The van der Waals surface area contributed by atoms with Gasteiger partial charge in [0.25, 0.3) is 0 Å². The molecule has 1 saturated carbocycles. The Labute approximate surface area is 94.6 Å². The number of fused-ring (bicyclic) bond motifs is 2. The van der Waals surface area contributed by atoms with E-state index in [1.807, 2.05) is 13.8 Å². The van der Waals surface area contributed by atoms with Crippen molar-refractivity contribution in [3.8, 4) is 0 Å². The minimum atomic E-state index is -0.592. The van der Waals surface area contributed by atoms with Crippen LogP contribution in [0, 0.1) is 5.92 Å². The zero-order chi connectivity index (χ0) is 11.6. The molecule has 3 aliphatic rings. The first-order chi connectivity index (χ1) is 7.52. The van der Waals surface area contributed by atoms with Gasteiger partial charge in [-0.3, -0.25) is 0 Å². The second-order valence-electron chi connectivity index (χ2n) is 5.28. The Balaban J connectivity index is 1.85. The third kappa shape index (κ3) is 1.29. The Bertz CT molecular complexity index is 305. The van der Waals surface area contributed by atoms with Gasteiger partial charge in [0.1, 0.15) is 17.8 Å². The van der Waals surface area contributed by atoms with Crippen molar-refractivity contribution in [1.29, 1.82) is 0 Å². The molecule has 1 aliphatic carbocycles. The molecule has 5 nitrogen and oxygen atoms in total. The van der Waals surface area contributed by atoms with Gasteiger partial charge in [0.2, 0.25) is 0 Å². The first-order valence-electron chi connectivity index (χ1n) is 5.69. The van der Waals surface area contributed by atoms with Gasteiger partial charge >= 0.3 is 0 Å². The van der Waals surface area contributed by atoms with Gasteiger partial charge in [0.15, 0.2) is 12.1 Å². The third-order valence-corrected chi connectivity index (χ3v) is 3.76. The van der Waals surface area contributed by atoms with Crippen LogP contribution < -0.4 is 0 Å². The van der Waals surface area contributed by atoms with Crippen molar-refractivity contribution in [2.75, 3.05) is 13.7 Å². The average molecular weight is 230 g/mol. The molecule has 1 N–H and O–H groups in total. The molecule has 5 heteroatoms. The highest BCUT2D eigenvalue weighted by Crippen LogP contribution is 2.59. The molecule has 5 atom stereocenters. The number of ether oxygens (including phenoxy) is 4. The van der Waals surface area contributed by atoms with E-state index < -0.39 is 5.79 Å². The van der Waals surface area contributed by atoms with Gasteiger partial charge < -0.3 is 24.1 Å². The molecule has 0 amide bonds. The summed E-state index contributed by atoms with van der Waals surface area (Å²) in [6.45, 7) is 3.91. The van der Waals surface area contributed by atoms with Crippen molar-refractivity contribution in [2.24, 2.45) is 5.92 Å². The van der Waals surface area contributed by atoms with E-state index in [1.165, 1.54) is 0 Å². The monoisotopic (exact) mass is 230 g/mol. The molecule has 2 saturated heterocycles. The molecule has 0 aromatic rings. The van der Waals surface area contributed by atoms with Crippen LogP contribution in [0.1, 0.15) is 20.3 Å². The molecule has 0 aromatic heterocycles. The van der Waals surface area contributed by atoms with Crippen LogP contribution >= 0.6 is 0 Å².